The van der Waals surface area contributed by atoms with E-state index in [0.717, 1.165) is 31.5 Å². The zero-order valence-electron chi connectivity index (χ0n) is 14.5. The first-order chi connectivity index (χ1) is 10.9. The van der Waals surface area contributed by atoms with E-state index in [4.69, 9.17) is 0 Å². The van der Waals surface area contributed by atoms with Crippen molar-refractivity contribution in [3.8, 4) is 0 Å². The van der Waals surface area contributed by atoms with E-state index in [0.29, 0.717) is 0 Å². The van der Waals surface area contributed by atoms with Gasteiger partial charge in [-0.3, -0.25) is 14.5 Å². The van der Waals surface area contributed by atoms with E-state index in [2.05, 4.69) is 4.90 Å². The van der Waals surface area contributed by atoms with Gasteiger partial charge in [0.2, 0.25) is 11.8 Å². The molecule has 0 aromatic heterocycles. The summed E-state index contributed by atoms with van der Waals surface area (Å²) in [7, 11) is 7.19. The quantitative estimate of drug-likeness (QED) is 0.847. The monoisotopic (exact) mass is 317 g/mol. The molecule has 1 aromatic rings. The molecule has 1 aromatic carbocycles. The van der Waals surface area contributed by atoms with Crippen LogP contribution in [-0.4, -0.2) is 67.8 Å². The van der Waals surface area contributed by atoms with Gasteiger partial charge in [-0.15, -0.1) is 0 Å². The molecule has 1 unspecified atom stereocenters. The standard InChI is InChI=1S/C18H27N3O2/c1-19(2)17(22)15-10-12-21(13-11-15)16(18(23)20(3)4)14-8-6-5-7-9-14/h5-9,15-16H,10-13H2,1-4H3. The first-order valence-corrected chi connectivity index (χ1v) is 8.13. The SMILES string of the molecule is CN(C)C(=O)C1CCN(C(C(=O)N(C)C)c2ccccc2)CC1. The highest BCUT2D eigenvalue weighted by atomic mass is 16.2. The fourth-order valence-electron chi connectivity index (χ4n) is 3.16. The van der Waals surface area contributed by atoms with Gasteiger partial charge in [-0.25, -0.2) is 0 Å². The summed E-state index contributed by atoms with van der Waals surface area (Å²) in [5.74, 6) is 0.362. The maximum absolute atomic E-state index is 12.7. The number of likely N-dealkylation sites (tertiary alicyclic amines) is 1. The second kappa shape index (κ2) is 7.59. The number of likely N-dealkylation sites (N-methyl/N-ethyl adjacent to an activating group) is 1. The zero-order chi connectivity index (χ0) is 17.0. The Morgan fingerprint density at radius 2 is 1.57 bits per heavy atom. The van der Waals surface area contributed by atoms with Crippen molar-refractivity contribution >= 4 is 11.8 Å². The van der Waals surface area contributed by atoms with Crippen molar-refractivity contribution < 1.29 is 9.59 Å². The number of amides is 2. The Morgan fingerprint density at radius 3 is 2.04 bits per heavy atom. The van der Waals surface area contributed by atoms with E-state index in [1.807, 2.05) is 30.3 Å². The highest BCUT2D eigenvalue weighted by Crippen LogP contribution is 2.28. The van der Waals surface area contributed by atoms with E-state index >= 15 is 0 Å². The fourth-order valence-corrected chi connectivity index (χ4v) is 3.16. The zero-order valence-corrected chi connectivity index (χ0v) is 14.5. The second-order valence-electron chi connectivity index (χ2n) is 6.59. The van der Waals surface area contributed by atoms with Gasteiger partial charge in [-0.1, -0.05) is 30.3 Å². The van der Waals surface area contributed by atoms with E-state index in [-0.39, 0.29) is 23.8 Å². The molecule has 0 aliphatic carbocycles. The average molecular weight is 317 g/mol. The van der Waals surface area contributed by atoms with Crippen molar-refractivity contribution in [1.29, 1.82) is 0 Å². The summed E-state index contributed by atoms with van der Waals surface area (Å²) in [6.45, 7) is 1.53. The number of piperidine rings is 1. The van der Waals surface area contributed by atoms with Gasteiger partial charge in [0.15, 0.2) is 0 Å². The normalized spacial score (nSPS) is 17.6. The number of nitrogens with zero attached hydrogens (tertiary/aromatic N) is 3. The molecule has 1 aliphatic heterocycles. The molecule has 0 spiro atoms. The maximum Gasteiger partial charge on any atom is 0.244 e. The molecule has 5 nitrogen and oxygen atoms in total. The molecule has 1 saturated heterocycles. The highest BCUT2D eigenvalue weighted by Gasteiger charge is 2.34. The summed E-state index contributed by atoms with van der Waals surface area (Å²) in [5.41, 5.74) is 1.02. The predicted octanol–water partition coefficient (Wildman–Crippen LogP) is 1.62. The molecule has 1 heterocycles. The summed E-state index contributed by atoms with van der Waals surface area (Å²) in [4.78, 5) is 30.3. The first kappa shape index (κ1) is 17.5. The minimum atomic E-state index is -0.262. The van der Waals surface area contributed by atoms with Crippen LogP contribution in [0.3, 0.4) is 0 Å². The summed E-state index contributed by atoms with van der Waals surface area (Å²) in [6, 6.07) is 9.64. The molecule has 1 aliphatic rings. The molecule has 0 radical (unpaired) electrons. The number of carbonyl (C=O) groups is 2. The lowest BCUT2D eigenvalue weighted by Gasteiger charge is -2.38. The largest absolute Gasteiger partial charge is 0.349 e. The minimum absolute atomic E-state index is 0.0760. The average Bonchev–Trinajstić information content (AvgIpc) is 2.55. The fraction of sp³-hybridized carbons (Fsp3) is 0.556. The topological polar surface area (TPSA) is 43.9 Å². The van der Waals surface area contributed by atoms with Gasteiger partial charge in [-0.05, 0) is 31.5 Å². The summed E-state index contributed by atoms with van der Waals surface area (Å²) in [5, 5.41) is 0. The predicted molar refractivity (Wildman–Crippen MR) is 90.9 cm³/mol. The van der Waals surface area contributed by atoms with Gasteiger partial charge in [0.05, 0.1) is 0 Å². The van der Waals surface area contributed by atoms with Crippen LogP contribution in [0.1, 0.15) is 24.4 Å². The molecule has 2 amide bonds. The smallest absolute Gasteiger partial charge is 0.244 e. The van der Waals surface area contributed by atoms with Crippen LogP contribution in [-0.2, 0) is 9.59 Å². The number of carbonyl (C=O) groups excluding carboxylic acids is 2. The molecule has 23 heavy (non-hydrogen) atoms. The van der Waals surface area contributed by atoms with Crippen molar-refractivity contribution in [2.24, 2.45) is 5.92 Å². The van der Waals surface area contributed by atoms with Crippen molar-refractivity contribution in [3.05, 3.63) is 35.9 Å². The van der Waals surface area contributed by atoms with Gasteiger partial charge >= 0.3 is 0 Å². The Hall–Kier alpha value is -1.88. The van der Waals surface area contributed by atoms with Gasteiger partial charge < -0.3 is 9.80 Å². The third-order valence-electron chi connectivity index (χ3n) is 4.47. The number of benzene rings is 1. The second-order valence-corrected chi connectivity index (χ2v) is 6.59. The molecular weight excluding hydrogens is 290 g/mol. The number of rotatable bonds is 4. The summed E-state index contributed by atoms with van der Waals surface area (Å²) < 4.78 is 0. The number of hydrogen-bond acceptors (Lipinski definition) is 3. The van der Waals surface area contributed by atoms with Crippen molar-refractivity contribution in [3.63, 3.8) is 0 Å². The summed E-state index contributed by atoms with van der Waals surface area (Å²) in [6.07, 6.45) is 1.61. The van der Waals surface area contributed by atoms with Crippen LogP contribution >= 0.6 is 0 Å². The van der Waals surface area contributed by atoms with E-state index in [1.165, 1.54) is 0 Å². The van der Waals surface area contributed by atoms with E-state index < -0.39 is 0 Å². The van der Waals surface area contributed by atoms with Crippen LogP contribution in [0.4, 0.5) is 0 Å². The third-order valence-corrected chi connectivity index (χ3v) is 4.47. The molecule has 0 bridgehead atoms. The lowest BCUT2D eigenvalue weighted by atomic mass is 9.93. The molecule has 1 fully saturated rings. The van der Waals surface area contributed by atoms with Crippen LogP contribution in [0.15, 0.2) is 30.3 Å². The van der Waals surface area contributed by atoms with Gasteiger partial charge in [0.25, 0.3) is 0 Å². The Balaban J connectivity index is 2.13. The highest BCUT2D eigenvalue weighted by molar-refractivity contribution is 5.83. The van der Waals surface area contributed by atoms with Crippen LogP contribution in [0.25, 0.3) is 0 Å². The molecule has 0 N–H and O–H groups in total. The third kappa shape index (κ3) is 4.10. The molecule has 2 rings (SSSR count). The maximum atomic E-state index is 12.7. The first-order valence-electron chi connectivity index (χ1n) is 8.13. The molecule has 0 saturated carbocycles. The molecule has 5 heteroatoms. The van der Waals surface area contributed by atoms with Gasteiger partial charge in [0.1, 0.15) is 6.04 Å². The molecule has 1 atom stereocenters. The Kier molecular flexibility index (Phi) is 5.77. The molecule has 126 valence electrons. The van der Waals surface area contributed by atoms with E-state index in [9.17, 15) is 9.59 Å². The van der Waals surface area contributed by atoms with Crippen molar-refractivity contribution in [2.75, 3.05) is 41.3 Å². The molecular formula is C18H27N3O2. The van der Waals surface area contributed by atoms with Crippen molar-refractivity contribution in [1.82, 2.24) is 14.7 Å². The Bertz CT molecular complexity index is 534. The Labute approximate surface area is 138 Å². The van der Waals surface area contributed by atoms with Crippen LogP contribution in [0.5, 0.6) is 0 Å². The van der Waals surface area contributed by atoms with Crippen LogP contribution in [0, 0.1) is 5.92 Å². The number of hydrogen-bond donors (Lipinski definition) is 0. The Morgan fingerprint density at radius 1 is 1.00 bits per heavy atom. The lowest BCUT2D eigenvalue weighted by molar-refractivity contribution is -0.137. The van der Waals surface area contributed by atoms with Crippen LogP contribution in [0.2, 0.25) is 0 Å². The minimum Gasteiger partial charge on any atom is -0.349 e. The van der Waals surface area contributed by atoms with Crippen molar-refractivity contribution in [2.45, 2.75) is 18.9 Å². The van der Waals surface area contributed by atoms with Gasteiger partial charge in [-0.2, -0.15) is 0 Å². The van der Waals surface area contributed by atoms with Gasteiger partial charge in [0, 0.05) is 34.1 Å². The lowest BCUT2D eigenvalue weighted by Crippen LogP contribution is -2.46. The summed E-state index contributed by atoms with van der Waals surface area (Å²) >= 11 is 0. The van der Waals surface area contributed by atoms with E-state index in [1.54, 1.807) is 38.0 Å². The van der Waals surface area contributed by atoms with Crippen LogP contribution < -0.4 is 0 Å².